The van der Waals surface area contributed by atoms with Crippen molar-refractivity contribution in [2.24, 2.45) is 5.41 Å². The highest BCUT2D eigenvalue weighted by molar-refractivity contribution is 7.98. The molecule has 6 heteroatoms. The smallest absolute Gasteiger partial charge is 0.222 e. The zero-order chi connectivity index (χ0) is 17.7. The average Bonchev–Trinajstić information content (AvgIpc) is 2.61. The van der Waals surface area contributed by atoms with Gasteiger partial charge in [-0.25, -0.2) is 0 Å². The molecule has 0 aliphatic carbocycles. The molecule has 1 aromatic rings. The third-order valence-corrected chi connectivity index (χ3v) is 6.20. The average molecular weight is 363 g/mol. The molecule has 3 rings (SSSR count). The van der Waals surface area contributed by atoms with Crippen LogP contribution in [-0.2, 0) is 11.3 Å². The number of hydrogen-bond acceptors (Lipinski definition) is 5. The molecule has 0 saturated carbocycles. The van der Waals surface area contributed by atoms with Gasteiger partial charge < -0.3 is 9.80 Å². The summed E-state index contributed by atoms with van der Waals surface area (Å²) in [5.74, 6) is 1.51. The van der Waals surface area contributed by atoms with Crippen molar-refractivity contribution in [1.29, 1.82) is 0 Å². The molecule has 5 nitrogen and oxygen atoms in total. The minimum atomic E-state index is 0.271. The molecule has 1 amide bonds. The number of piperidine rings is 2. The van der Waals surface area contributed by atoms with Gasteiger partial charge in [-0.15, -0.1) is 0 Å². The fourth-order valence-corrected chi connectivity index (χ4v) is 4.63. The third kappa shape index (κ3) is 4.94. The lowest BCUT2D eigenvalue weighted by molar-refractivity contribution is -0.140. The Hall–Kier alpha value is -1.14. The first-order chi connectivity index (χ1) is 12.1. The van der Waals surface area contributed by atoms with Crippen LogP contribution in [0.3, 0.4) is 0 Å². The lowest BCUT2D eigenvalue weighted by Gasteiger charge is -2.48. The summed E-state index contributed by atoms with van der Waals surface area (Å²) in [5.41, 5.74) is 2.09. The standard InChI is InChI=1S/C19H30N4OS/c1-16-11-21-17(12-20-16)13-23-15-19(7-5-18(23)24)6-3-8-22(14-19)9-4-10-25-2/h11-12H,3-10,13-15H2,1-2H3. The fourth-order valence-electron chi connectivity index (χ4n) is 4.21. The predicted octanol–water partition coefficient (Wildman–Crippen LogP) is 2.74. The highest BCUT2D eigenvalue weighted by atomic mass is 32.2. The van der Waals surface area contributed by atoms with Crippen LogP contribution in [0.25, 0.3) is 0 Å². The van der Waals surface area contributed by atoms with Crippen molar-refractivity contribution >= 4 is 17.7 Å². The van der Waals surface area contributed by atoms with Crippen LogP contribution in [-0.4, -0.2) is 63.9 Å². The summed E-state index contributed by atoms with van der Waals surface area (Å²) in [4.78, 5) is 25.8. The normalized spacial score (nSPS) is 24.9. The van der Waals surface area contributed by atoms with E-state index < -0.39 is 0 Å². The molecule has 0 bridgehead atoms. The zero-order valence-corrected chi connectivity index (χ0v) is 16.4. The van der Waals surface area contributed by atoms with Gasteiger partial charge >= 0.3 is 0 Å². The molecule has 3 heterocycles. The Morgan fingerprint density at radius 3 is 2.88 bits per heavy atom. The second-order valence-corrected chi connectivity index (χ2v) is 8.61. The van der Waals surface area contributed by atoms with Crippen molar-refractivity contribution in [3.8, 4) is 0 Å². The van der Waals surface area contributed by atoms with Gasteiger partial charge in [0.25, 0.3) is 0 Å². The van der Waals surface area contributed by atoms with E-state index in [1.807, 2.05) is 23.6 Å². The number of nitrogens with zero attached hydrogens (tertiary/aromatic N) is 4. The Balaban J connectivity index is 1.62. The minimum Gasteiger partial charge on any atom is -0.336 e. The molecule has 0 aromatic carbocycles. The van der Waals surface area contributed by atoms with Crippen LogP contribution in [0.2, 0.25) is 0 Å². The number of rotatable bonds is 6. The van der Waals surface area contributed by atoms with Crippen LogP contribution in [0.15, 0.2) is 12.4 Å². The van der Waals surface area contributed by atoms with Crippen molar-refractivity contribution in [3.05, 3.63) is 23.8 Å². The molecule has 1 aromatic heterocycles. The lowest BCUT2D eigenvalue weighted by Crippen LogP contribution is -2.53. The van der Waals surface area contributed by atoms with E-state index in [-0.39, 0.29) is 11.3 Å². The number of aromatic nitrogens is 2. The largest absolute Gasteiger partial charge is 0.336 e. The van der Waals surface area contributed by atoms with E-state index in [0.717, 1.165) is 30.9 Å². The topological polar surface area (TPSA) is 49.3 Å². The fraction of sp³-hybridized carbons (Fsp3) is 0.737. The van der Waals surface area contributed by atoms with Gasteiger partial charge in [-0.2, -0.15) is 11.8 Å². The van der Waals surface area contributed by atoms with Crippen LogP contribution in [0.1, 0.15) is 43.5 Å². The molecule has 25 heavy (non-hydrogen) atoms. The monoisotopic (exact) mass is 362 g/mol. The number of thioether (sulfide) groups is 1. The molecule has 2 fully saturated rings. The number of hydrogen-bond donors (Lipinski definition) is 0. The maximum absolute atomic E-state index is 12.4. The summed E-state index contributed by atoms with van der Waals surface area (Å²) >= 11 is 1.93. The maximum Gasteiger partial charge on any atom is 0.222 e. The van der Waals surface area contributed by atoms with Crippen LogP contribution in [0, 0.1) is 12.3 Å². The number of aryl methyl sites for hydroxylation is 1. The molecule has 1 spiro atoms. The molecule has 2 aliphatic rings. The Bertz CT molecular complexity index is 579. The van der Waals surface area contributed by atoms with Crippen molar-refractivity contribution in [1.82, 2.24) is 19.8 Å². The van der Waals surface area contributed by atoms with E-state index in [9.17, 15) is 4.79 Å². The van der Waals surface area contributed by atoms with Gasteiger partial charge in [0.05, 0.1) is 24.1 Å². The SMILES string of the molecule is CSCCCN1CCCC2(CCC(=O)N(Cc3cnc(C)cn3)C2)C1. The summed E-state index contributed by atoms with van der Waals surface area (Å²) in [6.07, 6.45) is 11.3. The molecule has 0 N–H and O–H groups in total. The van der Waals surface area contributed by atoms with Crippen LogP contribution < -0.4 is 0 Å². The highest BCUT2D eigenvalue weighted by Crippen LogP contribution is 2.39. The number of carbonyl (C=O) groups excluding carboxylic acids is 1. The zero-order valence-electron chi connectivity index (χ0n) is 15.5. The van der Waals surface area contributed by atoms with E-state index in [2.05, 4.69) is 21.1 Å². The van der Waals surface area contributed by atoms with E-state index in [1.165, 1.54) is 38.1 Å². The molecule has 2 saturated heterocycles. The van der Waals surface area contributed by atoms with Gasteiger partial charge in [0, 0.05) is 31.1 Å². The Morgan fingerprint density at radius 1 is 1.24 bits per heavy atom. The van der Waals surface area contributed by atoms with Gasteiger partial charge in [0.1, 0.15) is 0 Å². The minimum absolute atomic E-state index is 0.271. The summed E-state index contributed by atoms with van der Waals surface area (Å²) in [5, 5.41) is 0. The predicted molar refractivity (Wildman–Crippen MR) is 103 cm³/mol. The van der Waals surface area contributed by atoms with Crippen LogP contribution in [0.5, 0.6) is 0 Å². The molecule has 2 aliphatic heterocycles. The van der Waals surface area contributed by atoms with E-state index in [0.29, 0.717) is 13.0 Å². The second kappa shape index (κ2) is 8.49. The second-order valence-electron chi connectivity index (χ2n) is 7.62. The summed E-state index contributed by atoms with van der Waals surface area (Å²) in [6.45, 7) is 6.96. The highest BCUT2D eigenvalue weighted by Gasteiger charge is 2.41. The Labute approximate surface area is 155 Å². The van der Waals surface area contributed by atoms with Crippen molar-refractivity contribution < 1.29 is 4.79 Å². The number of likely N-dealkylation sites (tertiary alicyclic amines) is 2. The van der Waals surface area contributed by atoms with E-state index in [4.69, 9.17) is 0 Å². The van der Waals surface area contributed by atoms with Crippen molar-refractivity contribution in [2.75, 3.05) is 38.2 Å². The molecular formula is C19H30N4OS. The Kier molecular flexibility index (Phi) is 6.34. The lowest BCUT2D eigenvalue weighted by atomic mass is 9.73. The maximum atomic E-state index is 12.4. The van der Waals surface area contributed by atoms with Crippen molar-refractivity contribution in [3.63, 3.8) is 0 Å². The summed E-state index contributed by atoms with van der Waals surface area (Å²) < 4.78 is 0. The van der Waals surface area contributed by atoms with Gasteiger partial charge in [-0.05, 0) is 57.7 Å². The van der Waals surface area contributed by atoms with Gasteiger partial charge in [-0.1, -0.05) is 0 Å². The molecule has 1 atom stereocenters. The van der Waals surface area contributed by atoms with Gasteiger partial charge in [0.15, 0.2) is 0 Å². The number of carbonyl (C=O) groups is 1. The van der Waals surface area contributed by atoms with Gasteiger partial charge in [-0.3, -0.25) is 14.8 Å². The summed E-state index contributed by atoms with van der Waals surface area (Å²) in [6, 6.07) is 0. The molecular weight excluding hydrogens is 332 g/mol. The first kappa shape index (κ1) is 18.6. The quantitative estimate of drug-likeness (QED) is 0.728. The first-order valence-electron chi connectivity index (χ1n) is 9.37. The first-order valence-corrected chi connectivity index (χ1v) is 10.8. The van der Waals surface area contributed by atoms with Crippen LogP contribution >= 0.6 is 11.8 Å². The van der Waals surface area contributed by atoms with Gasteiger partial charge in [0.2, 0.25) is 5.91 Å². The molecule has 0 radical (unpaired) electrons. The molecule has 1 unspecified atom stereocenters. The van der Waals surface area contributed by atoms with E-state index >= 15 is 0 Å². The Morgan fingerprint density at radius 2 is 2.12 bits per heavy atom. The van der Waals surface area contributed by atoms with E-state index in [1.54, 1.807) is 12.4 Å². The summed E-state index contributed by atoms with van der Waals surface area (Å²) in [7, 11) is 0. The van der Waals surface area contributed by atoms with Crippen LogP contribution in [0.4, 0.5) is 0 Å². The number of amides is 1. The third-order valence-electron chi connectivity index (χ3n) is 5.50. The molecule has 138 valence electrons. The van der Waals surface area contributed by atoms with Crippen molar-refractivity contribution in [2.45, 2.75) is 45.6 Å².